The number of halogens is 3. The number of nitrogens with two attached hydrogens (primary N) is 1. The summed E-state index contributed by atoms with van der Waals surface area (Å²) in [6.45, 7) is 8.09. The molecule has 2 saturated heterocycles. The van der Waals surface area contributed by atoms with Gasteiger partial charge < -0.3 is 25.6 Å². The van der Waals surface area contributed by atoms with Crippen molar-refractivity contribution in [3.8, 4) is 0 Å². The third-order valence-electron chi connectivity index (χ3n) is 5.64. The largest absolute Gasteiger partial charge is 0.434 e. The molecule has 2 aliphatic rings. The average molecular weight is 435 g/mol. The summed E-state index contributed by atoms with van der Waals surface area (Å²) in [5, 5.41) is 19.7. The van der Waals surface area contributed by atoms with Gasteiger partial charge in [0.05, 0.1) is 24.6 Å². The van der Waals surface area contributed by atoms with Crippen molar-refractivity contribution in [3.63, 3.8) is 0 Å². The van der Waals surface area contributed by atoms with E-state index >= 15 is 0 Å². The highest BCUT2D eigenvalue weighted by atomic mass is 19.4. The summed E-state index contributed by atoms with van der Waals surface area (Å²) in [7, 11) is 0. The first kappa shape index (κ1) is 24.8. The number of anilines is 1. The Hall–Kier alpha value is -1.49. The fourth-order valence-corrected chi connectivity index (χ4v) is 3.76. The number of ether oxygens (including phenoxy) is 1. The van der Waals surface area contributed by atoms with Crippen LogP contribution in [0.2, 0.25) is 0 Å². The summed E-state index contributed by atoms with van der Waals surface area (Å²) in [6, 6.07) is 0. The fraction of sp³-hybridized carbons (Fsp3) is 0.800. The van der Waals surface area contributed by atoms with Crippen molar-refractivity contribution in [3.05, 3.63) is 18.1 Å². The van der Waals surface area contributed by atoms with Crippen LogP contribution in [0, 0.1) is 11.8 Å². The van der Waals surface area contributed by atoms with Gasteiger partial charge in [-0.3, -0.25) is 4.98 Å². The van der Waals surface area contributed by atoms with E-state index in [4.69, 9.17) is 10.5 Å². The Kier molecular flexibility index (Phi) is 9.27. The molecule has 0 bridgehead atoms. The van der Waals surface area contributed by atoms with E-state index in [2.05, 4.69) is 28.7 Å². The maximum Gasteiger partial charge on any atom is 0.434 e. The molecule has 0 aliphatic carbocycles. The molecule has 4 N–H and O–H groups in total. The van der Waals surface area contributed by atoms with Gasteiger partial charge in [-0.25, -0.2) is 4.98 Å². The van der Waals surface area contributed by atoms with Crippen LogP contribution in [0.5, 0.6) is 0 Å². The van der Waals surface area contributed by atoms with Gasteiger partial charge in [0.25, 0.3) is 0 Å². The molecule has 0 radical (unpaired) electrons. The fourth-order valence-electron chi connectivity index (χ4n) is 3.76. The molecule has 3 rings (SSSR count). The minimum atomic E-state index is -4.47. The molecule has 4 unspecified atom stereocenters. The molecule has 0 aromatic carbocycles. The highest BCUT2D eigenvalue weighted by molar-refractivity contribution is 5.24. The lowest BCUT2D eigenvalue weighted by molar-refractivity contribution is -0.141. The van der Waals surface area contributed by atoms with Crippen molar-refractivity contribution in [2.45, 2.75) is 64.0 Å². The molecule has 0 saturated carbocycles. The summed E-state index contributed by atoms with van der Waals surface area (Å²) in [4.78, 5) is 8.70. The van der Waals surface area contributed by atoms with Crippen LogP contribution >= 0.6 is 0 Å². The van der Waals surface area contributed by atoms with Crippen molar-refractivity contribution >= 4 is 5.82 Å². The van der Waals surface area contributed by atoms with Gasteiger partial charge in [0.2, 0.25) is 0 Å². The Morgan fingerprint density at radius 3 is 2.57 bits per heavy atom. The van der Waals surface area contributed by atoms with Crippen LogP contribution in [-0.4, -0.2) is 69.6 Å². The van der Waals surface area contributed by atoms with Crippen LogP contribution in [0.15, 0.2) is 12.4 Å². The number of aliphatic hydroxyl groups is 2. The van der Waals surface area contributed by atoms with Crippen molar-refractivity contribution < 1.29 is 28.1 Å². The van der Waals surface area contributed by atoms with Gasteiger partial charge in [-0.15, -0.1) is 0 Å². The second-order valence-corrected chi connectivity index (χ2v) is 8.34. The van der Waals surface area contributed by atoms with Crippen LogP contribution in [0.3, 0.4) is 0 Å². The zero-order chi connectivity index (χ0) is 22.3. The predicted molar refractivity (Wildman–Crippen MR) is 106 cm³/mol. The van der Waals surface area contributed by atoms with Crippen molar-refractivity contribution in [1.29, 1.82) is 0 Å². The lowest BCUT2D eigenvalue weighted by Gasteiger charge is -2.36. The molecule has 3 heterocycles. The summed E-state index contributed by atoms with van der Waals surface area (Å²) >= 11 is 0. The minimum Gasteiger partial charge on any atom is -0.390 e. The third-order valence-corrected chi connectivity index (χ3v) is 5.64. The topological polar surface area (TPSA) is 105 Å². The van der Waals surface area contributed by atoms with Gasteiger partial charge in [0.15, 0.2) is 5.69 Å². The number of likely N-dealkylation sites (tertiary alicyclic amines) is 1. The van der Waals surface area contributed by atoms with Crippen LogP contribution in [0.1, 0.15) is 45.2 Å². The Morgan fingerprint density at radius 1 is 1.23 bits per heavy atom. The second kappa shape index (κ2) is 11.2. The third kappa shape index (κ3) is 7.64. The van der Waals surface area contributed by atoms with Crippen LogP contribution < -0.4 is 5.73 Å². The molecule has 10 heteroatoms. The molecule has 0 spiro atoms. The van der Waals surface area contributed by atoms with Gasteiger partial charge in [-0.1, -0.05) is 20.3 Å². The lowest BCUT2D eigenvalue weighted by Crippen LogP contribution is -2.50. The molecular weight excluding hydrogens is 401 g/mol. The van der Waals surface area contributed by atoms with Crippen molar-refractivity contribution in [1.82, 2.24) is 14.9 Å². The number of aromatic nitrogens is 2. The van der Waals surface area contributed by atoms with Crippen molar-refractivity contribution in [2.75, 3.05) is 32.0 Å². The highest BCUT2D eigenvalue weighted by Gasteiger charge is 2.34. The molecule has 30 heavy (non-hydrogen) atoms. The summed E-state index contributed by atoms with van der Waals surface area (Å²) in [5.41, 5.74) is 3.91. The molecular formula is C20H33F3N4O3. The molecule has 7 nitrogen and oxygen atoms in total. The van der Waals surface area contributed by atoms with Gasteiger partial charge in [0, 0.05) is 19.7 Å². The number of nitrogen functional groups attached to an aromatic ring is 1. The molecule has 1 aromatic heterocycles. The van der Waals surface area contributed by atoms with Gasteiger partial charge in [-0.2, -0.15) is 13.2 Å². The monoisotopic (exact) mass is 434 g/mol. The van der Waals surface area contributed by atoms with E-state index in [1.165, 1.54) is 19.3 Å². The van der Waals surface area contributed by atoms with E-state index in [1.54, 1.807) is 0 Å². The molecule has 0 amide bonds. The quantitative estimate of drug-likeness (QED) is 0.671. The van der Waals surface area contributed by atoms with E-state index in [1.807, 2.05) is 0 Å². The summed E-state index contributed by atoms with van der Waals surface area (Å²) in [5.74, 6) is 1.22. The Balaban J connectivity index is 0.000000248. The summed E-state index contributed by atoms with van der Waals surface area (Å²) < 4.78 is 41.1. The number of aliphatic hydroxyl groups excluding tert-OH is 2. The number of nitrogens with zero attached hydrogens (tertiary/aromatic N) is 3. The van der Waals surface area contributed by atoms with E-state index in [-0.39, 0.29) is 11.9 Å². The van der Waals surface area contributed by atoms with Gasteiger partial charge in [0.1, 0.15) is 11.9 Å². The number of alkyl halides is 3. The zero-order valence-electron chi connectivity index (χ0n) is 17.6. The molecule has 172 valence electrons. The van der Waals surface area contributed by atoms with Crippen LogP contribution in [0.25, 0.3) is 0 Å². The van der Waals surface area contributed by atoms with E-state index < -0.39 is 24.1 Å². The van der Waals surface area contributed by atoms with Crippen molar-refractivity contribution in [2.24, 2.45) is 11.8 Å². The Bertz CT molecular complexity index is 648. The van der Waals surface area contributed by atoms with Crippen LogP contribution in [-0.2, 0) is 10.9 Å². The Morgan fingerprint density at radius 2 is 1.97 bits per heavy atom. The maximum absolute atomic E-state index is 11.8. The first-order valence-electron chi connectivity index (χ1n) is 10.4. The first-order valence-corrected chi connectivity index (χ1v) is 10.4. The number of hydrogen-bond acceptors (Lipinski definition) is 7. The first-order chi connectivity index (χ1) is 14.1. The SMILES string of the molecule is CC(C)C1CCCCN(CC2OCCC(O)C2O)C1.Nc1cncc(C(F)(F)F)n1. The average Bonchev–Trinajstić information content (AvgIpc) is 2.91. The summed E-state index contributed by atoms with van der Waals surface area (Å²) in [6.07, 6.45) is 0.0197. The van der Waals surface area contributed by atoms with Gasteiger partial charge in [-0.05, 0) is 37.6 Å². The predicted octanol–water partition coefficient (Wildman–Crippen LogP) is 2.33. The van der Waals surface area contributed by atoms with Crippen LogP contribution in [0.4, 0.5) is 19.0 Å². The Labute approximate surface area is 175 Å². The number of rotatable bonds is 3. The molecule has 2 fully saturated rings. The lowest BCUT2D eigenvalue weighted by atomic mass is 9.91. The maximum atomic E-state index is 11.8. The molecule has 1 aromatic rings. The van der Waals surface area contributed by atoms with E-state index in [0.29, 0.717) is 25.1 Å². The normalized spacial score (nSPS) is 28.5. The number of hydrogen-bond donors (Lipinski definition) is 3. The molecule has 4 atom stereocenters. The highest BCUT2D eigenvalue weighted by Crippen LogP contribution is 2.27. The second-order valence-electron chi connectivity index (χ2n) is 8.34. The smallest absolute Gasteiger partial charge is 0.390 e. The minimum absolute atomic E-state index is 0.227. The molecule has 2 aliphatic heterocycles. The van der Waals surface area contributed by atoms with Gasteiger partial charge >= 0.3 is 6.18 Å². The zero-order valence-corrected chi connectivity index (χ0v) is 17.6. The van der Waals surface area contributed by atoms with E-state index in [9.17, 15) is 23.4 Å². The van der Waals surface area contributed by atoms with E-state index in [0.717, 1.165) is 31.7 Å². The standard InChI is InChI=1S/C15H29NO3.C5H4F3N3/c1-11(2)12-5-3-4-7-16(9-12)10-14-15(18)13(17)6-8-19-14;6-5(7,8)3-1-10-2-4(9)11-3/h11-15,17-18H,3-10H2,1-2H3;1-2H,(H2,9,11).